The average Bonchev–Trinajstić information content (AvgIpc) is 2.89. The van der Waals surface area contributed by atoms with E-state index in [9.17, 15) is 22.4 Å². The van der Waals surface area contributed by atoms with Gasteiger partial charge in [0.05, 0.1) is 22.3 Å². The van der Waals surface area contributed by atoms with E-state index in [0.717, 1.165) is 5.56 Å². The van der Waals surface area contributed by atoms with Gasteiger partial charge in [-0.15, -0.1) is 0 Å². The lowest BCUT2D eigenvalue weighted by Crippen LogP contribution is -2.51. The first-order valence-electron chi connectivity index (χ1n) is 12.8. The predicted molar refractivity (Wildman–Crippen MR) is 148 cm³/mol. The predicted octanol–water partition coefficient (Wildman–Crippen LogP) is 5.22. The molecule has 38 heavy (non-hydrogen) atoms. The molecule has 0 N–H and O–H groups in total. The van der Waals surface area contributed by atoms with Crippen LogP contribution in [0, 0.1) is 5.82 Å². The highest BCUT2D eigenvalue weighted by Gasteiger charge is 2.32. The number of likely N-dealkylation sites (tertiary alicyclic amines) is 1. The van der Waals surface area contributed by atoms with Gasteiger partial charge in [-0.2, -0.15) is 4.31 Å². The number of hydrogen-bond donors (Lipinski definition) is 0. The van der Waals surface area contributed by atoms with Crippen molar-refractivity contribution in [1.82, 2.24) is 14.1 Å². The molecule has 1 saturated heterocycles. The van der Waals surface area contributed by atoms with Gasteiger partial charge < -0.3 is 9.80 Å². The molecular formula is C27H34Cl2FN3O4S. The monoisotopic (exact) mass is 585 g/mol. The van der Waals surface area contributed by atoms with Gasteiger partial charge >= 0.3 is 0 Å². The van der Waals surface area contributed by atoms with E-state index in [-0.39, 0.29) is 49.1 Å². The lowest BCUT2D eigenvalue weighted by atomic mass is 10.0. The van der Waals surface area contributed by atoms with Gasteiger partial charge in [-0.25, -0.2) is 12.8 Å². The van der Waals surface area contributed by atoms with Gasteiger partial charge in [0, 0.05) is 37.8 Å². The van der Waals surface area contributed by atoms with E-state index in [1.807, 2.05) is 6.92 Å². The van der Waals surface area contributed by atoms with Crippen LogP contribution in [0.4, 0.5) is 4.39 Å². The molecule has 0 aromatic heterocycles. The summed E-state index contributed by atoms with van der Waals surface area (Å²) >= 11 is 12.1. The molecule has 208 valence electrons. The summed E-state index contributed by atoms with van der Waals surface area (Å²) in [4.78, 5) is 30.0. The van der Waals surface area contributed by atoms with Crippen molar-refractivity contribution in [1.29, 1.82) is 0 Å². The number of halogens is 3. The number of amides is 2. The van der Waals surface area contributed by atoms with Crippen molar-refractivity contribution < 1.29 is 22.4 Å². The molecule has 1 fully saturated rings. The minimum atomic E-state index is -3.57. The van der Waals surface area contributed by atoms with E-state index in [1.165, 1.54) is 16.4 Å². The molecular weight excluding hydrogens is 552 g/mol. The normalized spacial score (nSPS) is 14.6. The second-order valence-electron chi connectivity index (χ2n) is 9.45. The lowest BCUT2D eigenvalue weighted by molar-refractivity contribution is -0.135. The Kier molecular flexibility index (Phi) is 11.0. The standard InChI is InChI=1S/C27H34Cl2FN3O4S/c1-3-13-32(38(36,37)16-4-2)19-26(34)33(18-20-5-8-22(30)9-6-20)23-11-14-31(15-12-23)27(35)21-7-10-24(28)25(29)17-21/h5-10,17,23H,3-4,11-16,18-19H2,1-2H3. The molecule has 0 bridgehead atoms. The van der Waals surface area contributed by atoms with Crippen LogP contribution < -0.4 is 0 Å². The molecule has 0 unspecified atom stereocenters. The summed E-state index contributed by atoms with van der Waals surface area (Å²) in [6.07, 6.45) is 2.09. The summed E-state index contributed by atoms with van der Waals surface area (Å²) in [5.41, 5.74) is 1.18. The summed E-state index contributed by atoms with van der Waals surface area (Å²) < 4.78 is 40.4. The Morgan fingerprint density at radius 1 is 1.00 bits per heavy atom. The summed E-state index contributed by atoms with van der Waals surface area (Å²) in [6.45, 7) is 4.73. The molecule has 0 radical (unpaired) electrons. The van der Waals surface area contributed by atoms with Crippen molar-refractivity contribution in [2.24, 2.45) is 0 Å². The number of rotatable bonds is 11. The number of carbonyl (C=O) groups excluding carboxylic acids is 2. The van der Waals surface area contributed by atoms with Crippen LogP contribution in [-0.2, 0) is 21.4 Å². The maximum absolute atomic E-state index is 13.6. The Balaban J connectivity index is 1.77. The van der Waals surface area contributed by atoms with Crippen LogP contribution in [0.25, 0.3) is 0 Å². The fourth-order valence-corrected chi connectivity index (χ4v) is 6.43. The van der Waals surface area contributed by atoms with E-state index in [2.05, 4.69) is 0 Å². The lowest BCUT2D eigenvalue weighted by Gasteiger charge is -2.39. The molecule has 7 nitrogen and oxygen atoms in total. The maximum Gasteiger partial charge on any atom is 0.253 e. The van der Waals surface area contributed by atoms with E-state index in [0.29, 0.717) is 54.4 Å². The number of nitrogens with zero attached hydrogens (tertiary/aromatic N) is 3. The van der Waals surface area contributed by atoms with Crippen LogP contribution >= 0.6 is 23.2 Å². The molecule has 2 aromatic carbocycles. The highest BCUT2D eigenvalue weighted by Crippen LogP contribution is 2.25. The first-order valence-corrected chi connectivity index (χ1v) is 15.2. The van der Waals surface area contributed by atoms with E-state index >= 15 is 0 Å². The Hall–Kier alpha value is -2.20. The highest BCUT2D eigenvalue weighted by molar-refractivity contribution is 7.89. The molecule has 2 aromatic rings. The van der Waals surface area contributed by atoms with Crippen molar-refractivity contribution in [2.75, 3.05) is 31.9 Å². The van der Waals surface area contributed by atoms with E-state index in [4.69, 9.17) is 23.2 Å². The number of sulfonamides is 1. The molecule has 2 amide bonds. The third kappa shape index (κ3) is 7.91. The molecule has 0 spiro atoms. The van der Waals surface area contributed by atoms with Crippen molar-refractivity contribution in [3.8, 4) is 0 Å². The smallest absolute Gasteiger partial charge is 0.253 e. The number of piperidine rings is 1. The largest absolute Gasteiger partial charge is 0.338 e. The first-order chi connectivity index (χ1) is 18.1. The van der Waals surface area contributed by atoms with Gasteiger partial charge in [-0.05, 0) is 61.6 Å². The zero-order valence-corrected chi connectivity index (χ0v) is 24.0. The molecule has 0 atom stereocenters. The summed E-state index contributed by atoms with van der Waals surface area (Å²) in [5, 5.41) is 0.674. The van der Waals surface area contributed by atoms with Crippen molar-refractivity contribution in [3.05, 3.63) is 69.5 Å². The second-order valence-corrected chi connectivity index (χ2v) is 12.4. The zero-order valence-electron chi connectivity index (χ0n) is 21.7. The van der Waals surface area contributed by atoms with Gasteiger partial charge in [-0.1, -0.05) is 49.2 Å². The van der Waals surface area contributed by atoms with Gasteiger partial charge in [-0.3, -0.25) is 9.59 Å². The Bertz CT molecular complexity index is 1220. The third-order valence-corrected chi connectivity index (χ3v) is 9.35. The van der Waals surface area contributed by atoms with Crippen LogP contribution in [-0.4, -0.2) is 72.3 Å². The van der Waals surface area contributed by atoms with E-state index in [1.54, 1.807) is 47.1 Å². The van der Waals surface area contributed by atoms with E-state index < -0.39 is 10.0 Å². The fourth-order valence-electron chi connectivity index (χ4n) is 4.59. The van der Waals surface area contributed by atoms with Crippen LogP contribution in [0.1, 0.15) is 55.5 Å². The summed E-state index contributed by atoms with van der Waals surface area (Å²) in [6, 6.07) is 10.5. The Labute approximate surface area is 234 Å². The highest BCUT2D eigenvalue weighted by atomic mass is 35.5. The fraction of sp³-hybridized carbons (Fsp3) is 0.481. The van der Waals surface area contributed by atoms with Gasteiger partial charge in [0.15, 0.2) is 0 Å². The number of carbonyl (C=O) groups is 2. The maximum atomic E-state index is 13.6. The average molecular weight is 587 g/mol. The Morgan fingerprint density at radius 3 is 2.24 bits per heavy atom. The van der Waals surface area contributed by atoms with Crippen LogP contribution in [0.2, 0.25) is 10.0 Å². The number of benzene rings is 2. The summed E-state index contributed by atoms with van der Waals surface area (Å²) in [5.74, 6) is -0.872. The second kappa shape index (κ2) is 13.7. The molecule has 1 heterocycles. The molecule has 11 heteroatoms. The minimum Gasteiger partial charge on any atom is -0.338 e. The quantitative estimate of drug-likeness (QED) is 0.362. The zero-order chi connectivity index (χ0) is 27.9. The van der Waals surface area contributed by atoms with Gasteiger partial charge in [0.1, 0.15) is 5.82 Å². The van der Waals surface area contributed by atoms with Crippen molar-refractivity contribution in [3.63, 3.8) is 0 Å². The van der Waals surface area contributed by atoms with Crippen LogP contribution in [0.3, 0.4) is 0 Å². The van der Waals surface area contributed by atoms with Gasteiger partial charge in [0.25, 0.3) is 5.91 Å². The molecule has 0 aliphatic carbocycles. The minimum absolute atomic E-state index is 0.0204. The SMILES string of the molecule is CCCN(CC(=O)N(Cc1ccc(F)cc1)C1CCN(C(=O)c2ccc(Cl)c(Cl)c2)CC1)S(=O)(=O)CCC. The third-order valence-electron chi connectivity index (χ3n) is 6.59. The Morgan fingerprint density at radius 2 is 1.66 bits per heavy atom. The van der Waals surface area contributed by atoms with Crippen LogP contribution in [0.15, 0.2) is 42.5 Å². The summed E-state index contributed by atoms with van der Waals surface area (Å²) in [7, 11) is -3.57. The first kappa shape index (κ1) is 30.3. The molecule has 0 saturated carbocycles. The van der Waals surface area contributed by atoms with Crippen LogP contribution in [0.5, 0.6) is 0 Å². The topological polar surface area (TPSA) is 78.0 Å². The van der Waals surface area contributed by atoms with Crippen molar-refractivity contribution >= 4 is 45.0 Å². The molecule has 1 aliphatic rings. The van der Waals surface area contributed by atoms with Crippen molar-refractivity contribution in [2.45, 2.75) is 52.1 Å². The molecule has 1 aliphatic heterocycles. The number of hydrogen-bond acceptors (Lipinski definition) is 4. The molecule has 3 rings (SSSR count). The van der Waals surface area contributed by atoms with Gasteiger partial charge in [0.2, 0.25) is 15.9 Å².